The third-order valence-corrected chi connectivity index (χ3v) is 2.93. The predicted octanol–water partition coefficient (Wildman–Crippen LogP) is 1.43. The number of methoxy groups -OCH3 is 1. The van der Waals surface area contributed by atoms with Gasteiger partial charge >= 0.3 is 5.97 Å². The van der Waals surface area contributed by atoms with Crippen molar-refractivity contribution in [2.24, 2.45) is 0 Å². The quantitative estimate of drug-likeness (QED) is 0.846. The van der Waals surface area contributed by atoms with Crippen LogP contribution in [0.1, 0.15) is 28.8 Å². The number of nitrogens with two attached hydrogens (primary N) is 1. The van der Waals surface area contributed by atoms with Gasteiger partial charge in [-0.3, -0.25) is 4.68 Å². The maximum atomic E-state index is 11.7. The number of hydrogen-bond acceptors (Lipinski definition) is 4. The third-order valence-electron chi connectivity index (χ3n) is 2.93. The Morgan fingerprint density at radius 3 is 2.84 bits per heavy atom. The zero-order chi connectivity index (χ0) is 14.0. The molecule has 0 unspecified atom stereocenters. The van der Waals surface area contributed by atoms with Crippen molar-refractivity contribution in [3.05, 3.63) is 35.4 Å². The summed E-state index contributed by atoms with van der Waals surface area (Å²) in [6.07, 6.45) is 1.73. The van der Waals surface area contributed by atoms with Crippen LogP contribution in [0.5, 0.6) is 0 Å². The average Bonchev–Trinajstić information content (AvgIpc) is 2.91. The molecule has 0 saturated carbocycles. The average molecular weight is 262 g/mol. The SMILES string of the molecule is CCn1nc(C)cc1Cn1cc(N)cc1C(=O)OC. The smallest absolute Gasteiger partial charge is 0.354 e. The zero-order valence-electron chi connectivity index (χ0n) is 11.4. The lowest BCUT2D eigenvalue weighted by molar-refractivity contribution is 0.0589. The Labute approximate surface area is 111 Å². The molecule has 0 aliphatic carbocycles. The largest absolute Gasteiger partial charge is 0.464 e. The Bertz CT molecular complexity index is 598. The highest BCUT2D eigenvalue weighted by Crippen LogP contribution is 2.15. The van der Waals surface area contributed by atoms with E-state index in [1.54, 1.807) is 16.8 Å². The van der Waals surface area contributed by atoms with Gasteiger partial charge in [-0.05, 0) is 26.0 Å². The van der Waals surface area contributed by atoms with Gasteiger partial charge in [0.1, 0.15) is 5.69 Å². The van der Waals surface area contributed by atoms with Gasteiger partial charge in [-0.25, -0.2) is 4.79 Å². The lowest BCUT2D eigenvalue weighted by Gasteiger charge is -2.08. The minimum absolute atomic E-state index is 0.393. The Morgan fingerprint density at radius 2 is 2.21 bits per heavy atom. The summed E-state index contributed by atoms with van der Waals surface area (Å²) in [6, 6.07) is 3.62. The van der Waals surface area contributed by atoms with Crippen molar-refractivity contribution < 1.29 is 9.53 Å². The molecule has 2 rings (SSSR count). The van der Waals surface area contributed by atoms with E-state index in [-0.39, 0.29) is 0 Å². The van der Waals surface area contributed by atoms with E-state index in [4.69, 9.17) is 10.5 Å². The molecule has 2 N–H and O–H groups in total. The number of nitrogens with zero attached hydrogens (tertiary/aromatic N) is 3. The third kappa shape index (κ3) is 2.62. The van der Waals surface area contributed by atoms with E-state index in [9.17, 15) is 4.79 Å². The molecule has 0 aliphatic rings. The van der Waals surface area contributed by atoms with Gasteiger partial charge < -0.3 is 15.0 Å². The molecule has 6 heteroatoms. The number of carbonyl (C=O) groups excluding carboxylic acids is 1. The van der Waals surface area contributed by atoms with Crippen molar-refractivity contribution >= 4 is 11.7 Å². The van der Waals surface area contributed by atoms with Crippen molar-refractivity contribution in [1.29, 1.82) is 0 Å². The van der Waals surface area contributed by atoms with Crippen LogP contribution < -0.4 is 5.73 Å². The number of anilines is 1. The molecule has 0 aromatic carbocycles. The lowest BCUT2D eigenvalue weighted by atomic mass is 10.3. The van der Waals surface area contributed by atoms with Gasteiger partial charge in [0, 0.05) is 12.7 Å². The van der Waals surface area contributed by atoms with Crippen molar-refractivity contribution in [1.82, 2.24) is 14.3 Å². The van der Waals surface area contributed by atoms with E-state index in [0.29, 0.717) is 17.9 Å². The van der Waals surface area contributed by atoms with Crippen LogP contribution in [0.15, 0.2) is 18.3 Å². The van der Waals surface area contributed by atoms with Crippen LogP contribution in [0, 0.1) is 6.92 Å². The van der Waals surface area contributed by atoms with E-state index in [1.807, 2.05) is 24.6 Å². The van der Waals surface area contributed by atoms with Crippen LogP contribution >= 0.6 is 0 Å². The van der Waals surface area contributed by atoms with Crippen LogP contribution in [0.4, 0.5) is 5.69 Å². The highest BCUT2D eigenvalue weighted by molar-refractivity contribution is 5.89. The first kappa shape index (κ1) is 13.2. The van der Waals surface area contributed by atoms with Gasteiger partial charge in [0.05, 0.1) is 30.7 Å². The first-order valence-corrected chi connectivity index (χ1v) is 6.12. The van der Waals surface area contributed by atoms with E-state index in [1.165, 1.54) is 7.11 Å². The van der Waals surface area contributed by atoms with Crippen LogP contribution in [0.25, 0.3) is 0 Å². The molecule has 0 aliphatic heterocycles. The monoisotopic (exact) mass is 262 g/mol. The number of carbonyl (C=O) groups is 1. The van der Waals surface area contributed by atoms with Crippen LogP contribution in [-0.4, -0.2) is 27.4 Å². The van der Waals surface area contributed by atoms with Crippen molar-refractivity contribution in [3.63, 3.8) is 0 Å². The molecular weight excluding hydrogens is 244 g/mol. The second-order valence-electron chi connectivity index (χ2n) is 4.37. The highest BCUT2D eigenvalue weighted by atomic mass is 16.5. The fourth-order valence-electron chi connectivity index (χ4n) is 2.11. The maximum absolute atomic E-state index is 11.7. The van der Waals surface area contributed by atoms with E-state index >= 15 is 0 Å². The summed E-state index contributed by atoms with van der Waals surface area (Å²) in [5.74, 6) is -0.393. The second-order valence-corrected chi connectivity index (χ2v) is 4.37. The predicted molar refractivity (Wildman–Crippen MR) is 71.9 cm³/mol. The molecule has 0 saturated heterocycles. The van der Waals surface area contributed by atoms with Gasteiger partial charge in [-0.1, -0.05) is 0 Å². The van der Waals surface area contributed by atoms with Gasteiger partial charge in [0.15, 0.2) is 0 Å². The van der Waals surface area contributed by atoms with Crippen LogP contribution in [-0.2, 0) is 17.8 Å². The van der Waals surface area contributed by atoms with Gasteiger partial charge in [0.25, 0.3) is 0 Å². The summed E-state index contributed by atoms with van der Waals surface area (Å²) < 4.78 is 8.44. The number of esters is 1. The Kier molecular flexibility index (Phi) is 3.59. The molecule has 0 bridgehead atoms. The molecule has 0 spiro atoms. The summed E-state index contributed by atoms with van der Waals surface area (Å²) in [4.78, 5) is 11.7. The van der Waals surface area contributed by atoms with Crippen LogP contribution in [0.2, 0.25) is 0 Å². The molecule has 102 valence electrons. The number of aromatic nitrogens is 3. The van der Waals surface area contributed by atoms with Gasteiger partial charge in [-0.15, -0.1) is 0 Å². The summed E-state index contributed by atoms with van der Waals surface area (Å²) in [5.41, 5.74) is 8.72. The molecule has 19 heavy (non-hydrogen) atoms. The highest BCUT2D eigenvalue weighted by Gasteiger charge is 2.15. The molecule has 0 fully saturated rings. The van der Waals surface area contributed by atoms with Crippen molar-refractivity contribution in [2.45, 2.75) is 26.9 Å². The summed E-state index contributed by atoms with van der Waals surface area (Å²) in [7, 11) is 1.36. The fourth-order valence-corrected chi connectivity index (χ4v) is 2.11. The van der Waals surface area contributed by atoms with Gasteiger partial charge in [0.2, 0.25) is 0 Å². The summed E-state index contributed by atoms with van der Waals surface area (Å²) >= 11 is 0. The Morgan fingerprint density at radius 1 is 1.47 bits per heavy atom. The lowest BCUT2D eigenvalue weighted by Crippen LogP contribution is -2.13. The molecular formula is C13H18N4O2. The van der Waals surface area contributed by atoms with E-state index < -0.39 is 5.97 Å². The number of nitrogen functional groups attached to an aromatic ring is 1. The Hall–Kier alpha value is -2.24. The van der Waals surface area contributed by atoms with Crippen molar-refractivity contribution in [2.75, 3.05) is 12.8 Å². The van der Waals surface area contributed by atoms with E-state index in [0.717, 1.165) is 17.9 Å². The summed E-state index contributed by atoms with van der Waals surface area (Å²) in [6.45, 7) is 5.30. The standard InChI is InChI=1S/C13H18N4O2/c1-4-17-11(5-9(2)15-17)8-16-7-10(14)6-12(16)13(18)19-3/h5-7H,4,8,14H2,1-3H3. The Balaban J connectivity index is 2.35. The fraction of sp³-hybridized carbons (Fsp3) is 0.385. The maximum Gasteiger partial charge on any atom is 0.354 e. The van der Waals surface area contributed by atoms with Crippen molar-refractivity contribution in [3.8, 4) is 0 Å². The summed E-state index contributed by atoms with van der Waals surface area (Å²) in [5, 5.41) is 4.38. The topological polar surface area (TPSA) is 75.1 Å². The zero-order valence-corrected chi connectivity index (χ0v) is 11.4. The van der Waals surface area contributed by atoms with Crippen LogP contribution in [0.3, 0.4) is 0 Å². The minimum atomic E-state index is -0.393. The molecule has 0 atom stereocenters. The molecule has 2 aromatic rings. The second kappa shape index (κ2) is 5.17. The van der Waals surface area contributed by atoms with E-state index in [2.05, 4.69) is 5.10 Å². The van der Waals surface area contributed by atoms with Gasteiger partial charge in [-0.2, -0.15) is 5.10 Å². The number of rotatable bonds is 4. The first-order valence-electron chi connectivity index (χ1n) is 6.12. The molecule has 0 amide bonds. The molecule has 2 aromatic heterocycles. The number of hydrogen-bond donors (Lipinski definition) is 1. The molecule has 2 heterocycles. The molecule has 0 radical (unpaired) electrons. The normalized spacial score (nSPS) is 10.7. The number of ether oxygens (including phenoxy) is 1. The molecule has 6 nitrogen and oxygen atoms in total. The minimum Gasteiger partial charge on any atom is -0.464 e. The number of aryl methyl sites for hydroxylation is 2. The first-order chi connectivity index (χ1) is 9.05.